The van der Waals surface area contributed by atoms with E-state index >= 15 is 0 Å². The molecule has 27 heavy (non-hydrogen) atoms. The van der Waals surface area contributed by atoms with Gasteiger partial charge >= 0.3 is 12.2 Å². The quantitative estimate of drug-likeness (QED) is 0.817. The van der Waals surface area contributed by atoms with Crippen LogP contribution < -0.4 is 5.32 Å². The number of carbonyl (C=O) groups excluding carboxylic acids is 2. The van der Waals surface area contributed by atoms with Crippen LogP contribution in [0.2, 0.25) is 0 Å². The van der Waals surface area contributed by atoms with E-state index in [0.717, 1.165) is 45.4 Å². The minimum atomic E-state index is -0.260. The van der Waals surface area contributed by atoms with Crippen LogP contribution in [0.4, 0.5) is 9.59 Å². The lowest BCUT2D eigenvalue weighted by Crippen LogP contribution is -2.59. The topological polar surface area (TPSA) is 71.1 Å². The number of hydrogen-bond donors (Lipinski definition) is 1. The van der Waals surface area contributed by atoms with Crippen LogP contribution >= 0.6 is 0 Å². The summed E-state index contributed by atoms with van der Waals surface area (Å²) in [5, 5.41) is 3.08. The Morgan fingerprint density at radius 3 is 2.63 bits per heavy atom. The molecule has 2 spiro atoms. The zero-order chi connectivity index (χ0) is 18.6. The summed E-state index contributed by atoms with van der Waals surface area (Å²) in [6, 6.07) is 0.849. The zero-order valence-electron chi connectivity index (χ0n) is 16.2. The number of piperidine rings is 1. The molecule has 2 saturated carbocycles. The van der Waals surface area contributed by atoms with E-state index in [2.05, 4.69) is 10.2 Å². The van der Waals surface area contributed by atoms with Crippen LogP contribution in [0.15, 0.2) is 0 Å². The molecule has 7 heteroatoms. The predicted octanol–water partition coefficient (Wildman–Crippen LogP) is 2.35. The smallest absolute Gasteiger partial charge is 0.409 e. The van der Waals surface area contributed by atoms with Crippen molar-refractivity contribution in [3.63, 3.8) is 0 Å². The normalized spacial score (nSPS) is 38.0. The van der Waals surface area contributed by atoms with Crippen molar-refractivity contribution in [2.45, 2.75) is 69.6 Å². The highest BCUT2D eigenvalue weighted by Gasteiger charge is 2.57. The molecule has 1 N–H and O–H groups in total. The molecule has 3 saturated heterocycles. The molecule has 7 nitrogen and oxygen atoms in total. The maximum absolute atomic E-state index is 12.0. The first-order valence-electron chi connectivity index (χ1n) is 10.7. The second kappa shape index (κ2) is 6.26. The summed E-state index contributed by atoms with van der Waals surface area (Å²) < 4.78 is 11.0. The molecule has 5 aliphatic rings. The molecule has 0 radical (unpaired) electrons. The number of ether oxygens (including phenoxy) is 2. The molecular formula is C20H31N3O4. The van der Waals surface area contributed by atoms with Crippen LogP contribution in [0.25, 0.3) is 0 Å². The molecule has 150 valence electrons. The van der Waals surface area contributed by atoms with E-state index < -0.39 is 0 Å². The number of carbonyl (C=O) groups is 2. The largest absolute Gasteiger partial charge is 0.450 e. The van der Waals surface area contributed by atoms with Gasteiger partial charge in [0.1, 0.15) is 5.60 Å². The van der Waals surface area contributed by atoms with Gasteiger partial charge in [-0.1, -0.05) is 0 Å². The van der Waals surface area contributed by atoms with Gasteiger partial charge in [-0.25, -0.2) is 9.59 Å². The van der Waals surface area contributed by atoms with Crippen molar-refractivity contribution in [2.24, 2.45) is 11.3 Å². The lowest BCUT2D eigenvalue weighted by molar-refractivity contribution is -0.0632. The summed E-state index contributed by atoms with van der Waals surface area (Å²) in [6.45, 7) is 6.02. The van der Waals surface area contributed by atoms with E-state index in [0.29, 0.717) is 24.0 Å². The second-order valence-corrected chi connectivity index (χ2v) is 9.38. The third kappa shape index (κ3) is 2.98. The number of nitrogens with zero attached hydrogens (tertiary/aromatic N) is 2. The Morgan fingerprint density at radius 2 is 1.96 bits per heavy atom. The van der Waals surface area contributed by atoms with Gasteiger partial charge in [0.2, 0.25) is 0 Å². The van der Waals surface area contributed by atoms with E-state index in [1.807, 2.05) is 11.8 Å². The maximum atomic E-state index is 12.0. The lowest BCUT2D eigenvalue weighted by Gasteiger charge is -2.53. The molecule has 5 fully saturated rings. The fourth-order valence-electron chi connectivity index (χ4n) is 6.03. The van der Waals surface area contributed by atoms with E-state index in [1.165, 1.54) is 25.7 Å². The molecule has 5 rings (SSSR count). The second-order valence-electron chi connectivity index (χ2n) is 9.38. The molecule has 0 aromatic carbocycles. The average Bonchev–Trinajstić information content (AvgIpc) is 3.27. The molecule has 0 aromatic heterocycles. The maximum Gasteiger partial charge on any atom is 0.409 e. The molecule has 2 aliphatic carbocycles. The van der Waals surface area contributed by atoms with Gasteiger partial charge in [0, 0.05) is 45.1 Å². The number of rotatable bonds is 3. The predicted molar refractivity (Wildman–Crippen MR) is 98.3 cm³/mol. The average molecular weight is 377 g/mol. The highest BCUT2D eigenvalue weighted by molar-refractivity contribution is 5.71. The minimum Gasteiger partial charge on any atom is -0.450 e. The third-order valence-corrected chi connectivity index (χ3v) is 7.69. The summed E-state index contributed by atoms with van der Waals surface area (Å²) in [6.07, 6.45) is 7.44. The van der Waals surface area contributed by atoms with Gasteiger partial charge in [-0.05, 0) is 50.4 Å². The summed E-state index contributed by atoms with van der Waals surface area (Å²) in [7, 11) is 0. The highest BCUT2D eigenvalue weighted by atomic mass is 16.6. The first-order valence-corrected chi connectivity index (χ1v) is 10.7. The molecule has 3 heterocycles. The van der Waals surface area contributed by atoms with E-state index in [4.69, 9.17) is 9.47 Å². The Bertz CT molecular complexity index is 621. The Morgan fingerprint density at radius 1 is 1.22 bits per heavy atom. The van der Waals surface area contributed by atoms with Crippen LogP contribution in [0.5, 0.6) is 0 Å². The number of hydrogen-bond acceptors (Lipinski definition) is 5. The van der Waals surface area contributed by atoms with Crippen LogP contribution in [0.3, 0.4) is 0 Å². The van der Waals surface area contributed by atoms with Crippen LogP contribution in [-0.4, -0.2) is 72.5 Å². The first-order chi connectivity index (χ1) is 13.0. The van der Waals surface area contributed by atoms with Crippen molar-refractivity contribution in [1.82, 2.24) is 15.1 Å². The van der Waals surface area contributed by atoms with Gasteiger partial charge in [-0.3, -0.25) is 0 Å². The molecule has 1 unspecified atom stereocenters. The van der Waals surface area contributed by atoms with Crippen LogP contribution in [-0.2, 0) is 9.47 Å². The number of likely N-dealkylation sites (tertiary alicyclic amines) is 2. The van der Waals surface area contributed by atoms with Crippen LogP contribution in [0.1, 0.15) is 51.9 Å². The van der Waals surface area contributed by atoms with Gasteiger partial charge in [0.25, 0.3) is 0 Å². The summed E-state index contributed by atoms with van der Waals surface area (Å²) >= 11 is 0. The Labute approximate surface area is 160 Å². The van der Waals surface area contributed by atoms with Gasteiger partial charge in [-0.15, -0.1) is 0 Å². The van der Waals surface area contributed by atoms with Crippen molar-refractivity contribution >= 4 is 12.2 Å². The first kappa shape index (κ1) is 17.6. The Balaban J connectivity index is 1.14. The van der Waals surface area contributed by atoms with Gasteiger partial charge in [0.15, 0.2) is 0 Å². The number of alkyl carbamates (subject to hydrolysis) is 1. The van der Waals surface area contributed by atoms with Crippen LogP contribution in [0, 0.1) is 11.3 Å². The van der Waals surface area contributed by atoms with Gasteiger partial charge in [-0.2, -0.15) is 0 Å². The molecular weight excluding hydrogens is 346 g/mol. The molecule has 0 bridgehead atoms. The summed E-state index contributed by atoms with van der Waals surface area (Å²) in [4.78, 5) is 28.3. The van der Waals surface area contributed by atoms with Crippen molar-refractivity contribution in [2.75, 3.05) is 32.8 Å². The third-order valence-electron chi connectivity index (χ3n) is 7.69. The standard InChI is InChI=1S/C20H31N3O4/c1-2-26-18(25)23-8-5-19(13-23)11-15(12-19)22-9-6-20(7-10-22)16(14-3-4-14)21-17(24)27-20/h14-16H,2-13H2,1H3,(H,21,24). The fraction of sp³-hybridized carbons (Fsp3) is 0.900. The lowest BCUT2D eigenvalue weighted by atomic mass is 9.64. The van der Waals surface area contributed by atoms with E-state index in [1.54, 1.807) is 0 Å². The minimum absolute atomic E-state index is 0.153. The number of nitrogens with one attached hydrogen (secondary N) is 1. The summed E-state index contributed by atoms with van der Waals surface area (Å²) in [5.74, 6) is 0.627. The zero-order valence-corrected chi connectivity index (χ0v) is 16.2. The Kier molecular flexibility index (Phi) is 4.08. The van der Waals surface area contributed by atoms with Crippen molar-refractivity contribution in [3.8, 4) is 0 Å². The molecule has 3 aliphatic heterocycles. The monoisotopic (exact) mass is 377 g/mol. The SMILES string of the molecule is CCOC(=O)N1CCC2(CC(N3CCC4(CC3)OC(=O)NC4C3CC3)C2)C1. The van der Waals surface area contributed by atoms with Crippen molar-refractivity contribution in [3.05, 3.63) is 0 Å². The van der Waals surface area contributed by atoms with E-state index in [-0.39, 0.29) is 23.8 Å². The Hall–Kier alpha value is -1.50. The van der Waals surface area contributed by atoms with E-state index in [9.17, 15) is 9.59 Å². The fourth-order valence-corrected chi connectivity index (χ4v) is 6.03. The van der Waals surface area contributed by atoms with Crippen molar-refractivity contribution in [1.29, 1.82) is 0 Å². The number of amides is 2. The highest BCUT2D eigenvalue weighted by Crippen LogP contribution is 2.52. The summed E-state index contributed by atoms with van der Waals surface area (Å²) in [5.41, 5.74) is 0.0503. The van der Waals surface area contributed by atoms with Gasteiger partial charge in [0.05, 0.1) is 12.6 Å². The molecule has 0 aromatic rings. The molecule has 2 amide bonds. The van der Waals surface area contributed by atoms with Gasteiger partial charge < -0.3 is 24.6 Å². The van der Waals surface area contributed by atoms with Crippen molar-refractivity contribution < 1.29 is 19.1 Å². The molecule has 1 atom stereocenters.